The van der Waals surface area contributed by atoms with Crippen LogP contribution in [-0.4, -0.2) is 31.3 Å². The third-order valence-corrected chi connectivity index (χ3v) is 5.77. The van der Waals surface area contributed by atoms with Gasteiger partial charge in [0.1, 0.15) is 23.2 Å². The summed E-state index contributed by atoms with van der Waals surface area (Å²) in [6, 6.07) is 23.3. The van der Waals surface area contributed by atoms with Crippen molar-refractivity contribution in [3.8, 4) is 11.8 Å². The molecule has 2 amide bonds. The lowest BCUT2D eigenvalue weighted by molar-refractivity contribution is -0.117. The average Bonchev–Trinajstić information content (AvgIpc) is 3.23. The van der Waals surface area contributed by atoms with Gasteiger partial charge in [0.25, 0.3) is 11.8 Å². The van der Waals surface area contributed by atoms with Crippen molar-refractivity contribution in [3.05, 3.63) is 106 Å². The zero-order chi connectivity index (χ0) is 24.8. The standard InChI is InChI=1S/C27H21ClN4O3/c1-35-18-12-10-17(11-13-18)14-15-30-26(33)22(16-29)24-19-6-2-3-7-20(19)25(31-24)32-27(34)21-8-4-5-9-23(21)28/h2-13H,14-15H2,1H3,(H,30,33)(H,31,32,34). The molecule has 174 valence electrons. The van der Waals surface area contributed by atoms with E-state index < -0.39 is 11.8 Å². The van der Waals surface area contributed by atoms with E-state index in [0.29, 0.717) is 34.7 Å². The van der Waals surface area contributed by atoms with Gasteiger partial charge in [-0.05, 0) is 36.2 Å². The normalized spacial score (nSPS) is 13.2. The molecule has 0 spiro atoms. The van der Waals surface area contributed by atoms with Gasteiger partial charge in [-0.25, -0.2) is 4.99 Å². The van der Waals surface area contributed by atoms with Crippen LogP contribution in [0.25, 0.3) is 5.70 Å². The fourth-order valence-electron chi connectivity index (χ4n) is 3.65. The van der Waals surface area contributed by atoms with Crippen molar-refractivity contribution in [2.45, 2.75) is 6.42 Å². The molecule has 7 nitrogen and oxygen atoms in total. The summed E-state index contributed by atoms with van der Waals surface area (Å²) in [7, 11) is 1.60. The number of rotatable bonds is 6. The molecule has 0 saturated carbocycles. The Hall–Kier alpha value is -4.41. The number of amides is 2. The summed E-state index contributed by atoms with van der Waals surface area (Å²) < 4.78 is 5.15. The van der Waals surface area contributed by atoms with Crippen molar-refractivity contribution in [3.63, 3.8) is 0 Å². The Bertz CT molecular complexity index is 1390. The van der Waals surface area contributed by atoms with Crippen LogP contribution in [0.3, 0.4) is 0 Å². The van der Waals surface area contributed by atoms with Crippen LogP contribution in [-0.2, 0) is 11.2 Å². The zero-order valence-electron chi connectivity index (χ0n) is 18.8. The van der Waals surface area contributed by atoms with Gasteiger partial charge in [-0.3, -0.25) is 9.59 Å². The second kappa shape index (κ2) is 10.7. The Morgan fingerprint density at radius 2 is 1.69 bits per heavy atom. The lowest BCUT2D eigenvalue weighted by atomic mass is 10.0. The molecule has 3 aromatic rings. The Labute approximate surface area is 207 Å². The topological polar surface area (TPSA) is 104 Å². The molecule has 35 heavy (non-hydrogen) atoms. The van der Waals surface area contributed by atoms with Crippen LogP contribution >= 0.6 is 11.6 Å². The number of methoxy groups -OCH3 is 1. The molecule has 0 aliphatic carbocycles. The van der Waals surface area contributed by atoms with Gasteiger partial charge in [-0.2, -0.15) is 5.26 Å². The third kappa shape index (κ3) is 5.24. The van der Waals surface area contributed by atoms with Gasteiger partial charge in [0.15, 0.2) is 0 Å². The number of benzene rings is 3. The monoisotopic (exact) mass is 484 g/mol. The van der Waals surface area contributed by atoms with Gasteiger partial charge in [-0.15, -0.1) is 0 Å². The van der Waals surface area contributed by atoms with E-state index in [4.69, 9.17) is 16.3 Å². The third-order valence-electron chi connectivity index (χ3n) is 5.45. The lowest BCUT2D eigenvalue weighted by Gasteiger charge is -2.07. The maximum absolute atomic E-state index is 12.9. The summed E-state index contributed by atoms with van der Waals surface area (Å²) in [5.41, 5.74) is 2.59. The first-order valence-electron chi connectivity index (χ1n) is 10.8. The first-order chi connectivity index (χ1) is 17.0. The van der Waals surface area contributed by atoms with Gasteiger partial charge in [-0.1, -0.05) is 60.1 Å². The number of nitrogens with one attached hydrogen (secondary N) is 2. The van der Waals surface area contributed by atoms with Gasteiger partial charge in [0.05, 0.1) is 23.4 Å². The molecule has 0 unspecified atom stereocenters. The number of ether oxygens (including phenoxy) is 1. The number of fused-ring (bicyclic) bond motifs is 1. The van der Waals surface area contributed by atoms with E-state index in [-0.39, 0.29) is 17.1 Å². The largest absolute Gasteiger partial charge is 0.497 e. The second-order valence-electron chi connectivity index (χ2n) is 7.63. The molecule has 1 heterocycles. The van der Waals surface area contributed by atoms with Gasteiger partial charge in [0, 0.05) is 17.7 Å². The highest BCUT2D eigenvalue weighted by atomic mass is 35.5. The number of nitrogens with zero attached hydrogens (tertiary/aromatic N) is 2. The molecule has 0 fully saturated rings. The minimum absolute atomic E-state index is 0.130. The Morgan fingerprint density at radius 3 is 2.37 bits per heavy atom. The van der Waals surface area contributed by atoms with Crippen molar-refractivity contribution < 1.29 is 14.3 Å². The van der Waals surface area contributed by atoms with Gasteiger partial charge < -0.3 is 15.4 Å². The predicted molar refractivity (Wildman–Crippen MR) is 134 cm³/mol. The number of carbonyl (C=O) groups is 2. The van der Waals surface area contributed by atoms with Crippen molar-refractivity contribution >= 4 is 34.9 Å². The zero-order valence-corrected chi connectivity index (χ0v) is 19.6. The fourth-order valence-corrected chi connectivity index (χ4v) is 3.87. The molecule has 2 N–H and O–H groups in total. The van der Waals surface area contributed by atoms with Crippen LogP contribution in [0.2, 0.25) is 5.02 Å². The Morgan fingerprint density at radius 1 is 1.00 bits per heavy atom. The second-order valence-corrected chi connectivity index (χ2v) is 8.04. The minimum atomic E-state index is -0.534. The van der Waals surface area contributed by atoms with E-state index in [0.717, 1.165) is 11.3 Å². The highest BCUT2D eigenvalue weighted by Crippen LogP contribution is 2.31. The maximum Gasteiger partial charge on any atom is 0.264 e. The van der Waals surface area contributed by atoms with Crippen molar-refractivity contribution in [1.82, 2.24) is 10.6 Å². The lowest BCUT2D eigenvalue weighted by Crippen LogP contribution is -2.30. The first-order valence-corrected chi connectivity index (χ1v) is 11.2. The van der Waals surface area contributed by atoms with Crippen LogP contribution in [0.1, 0.15) is 27.0 Å². The predicted octanol–water partition coefficient (Wildman–Crippen LogP) is 4.13. The van der Waals surface area contributed by atoms with Crippen LogP contribution in [0.5, 0.6) is 5.75 Å². The molecule has 0 aromatic heterocycles. The van der Waals surface area contributed by atoms with Crippen LogP contribution in [0, 0.1) is 11.3 Å². The van der Waals surface area contributed by atoms with Crippen molar-refractivity contribution in [1.29, 1.82) is 5.26 Å². The number of hydrogen-bond acceptors (Lipinski definition) is 5. The maximum atomic E-state index is 12.9. The summed E-state index contributed by atoms with van der Waals surface area (Å²) in [5.74, 6) is 0.0323. The fraction of sp³-hybridized carbons (Fsp3) is 0.111. The highest BCUT2D eigenvalue weighted by Gasteiger charge is 2.27. The number of amidine groups is 1. The van der Waals surface area contributed by atoms with Crippen molar-refractivity contribution in [2.75, 3.05) is 13.7 Å². The van der Waals surface area contributed by atoms with Gasteiger partial charge in [0.2, 0.25) is 0 Å². The van der Waals surface area contributed by atoms with Crippen LogP contribution in [0.4, 0.5) is 0 Å². The molecule has 1 aliphatic heterocycles. The van der Waals surface area contributed by atoms with Gasteiger partial charge >= 0.3 is 0 Å². The number of halogens is 1. The number of carbonyl (C=O) groups excluding carboxylic acids is 2. The first kappa shape index (κ1) is 23.7. The summed E-state index contributed by atoms with van der Waals surface area (Å²) in [6.07, 6.45) is 0.586. The summed E-state index contributed by atoms with van der Waals surface area (Å²) in [4.78, 5) is 30.1. The van der Waals surface area contributed by atoms with E-state index in [9.17, 15) is 14.9 Å². The summed E-state index contributed by atoms with van der Waals surface area (Å²) in [6.45, 7) is 0.338. The minimum Gasteiger partial charge on any atom is -0.497 e. The molecule has 8 heteroatoms. The van der Waals surface area contributed by atoms with Crippen LogP contribution in [0.15, 0.2) is 83.4 Å². The average molecular weight is 485 g/mol. The molecule has 0 saturated heterocycles. The molecule has 0 radical (unpaired) electrons. The van der Waals surface area contributed by atoms with Crippen LogP contribution < -0.4 is 15.4 Å². The Balaban J connectivity index is 1.54. The Kier molecular flexibility index (Phi) is 7.24. The molecular weight excluding hydrogens is 464 g/mol. The quantitative estimate of drug-likeness (QED) is 0.405. The highest BCUT2D eigenvalue weighted by molar-refractivity contribution is 6.34. The SMILES string of the molecule is COc1ccc(CCNC(=O)C(C#N)=C2N=C(NC(=O)c3ccccc3Cl)c3ccccc32)cc1. The molecular formula is C27H21ClN4O3. The van der Waals surface area contributed by atoms with E-state index in [1.54, 1.807) is 55.6 Å². The molecule has 3 aromatic carbocycles. The molecule has 4 rings (SSSR count). The molecule has 1 aliphatic rings. The number of hydrogen-bond donors (Lipinski definition) is 2. The number of nitriles is 1. The van der Waals surface area contributed by atoms with E-state index in [1.807, 2.05) is 30.3 Å². The smallest absolute Gasteiger partial charge is 0.264 e. The molecule has 0 bridgehead atoms. The summed E-state index contributed by atoms with van der Waals surface area (Å²) >= 11 is 6.14. The van der Waals surface area contributed by atoms with E-state index in [2.05, 4.69) is 15.6 Å². The molecule has 0 atom stereocenters. The van der Waals surface area contributed by atoms with E-state index in [1.165, 1.54) is 0 Å². The van der Waals surface area contributed by atoms with Crippen molar-refractivity contribution in [2.24, 2.45) is 4.99 Å². The number of aliphatic imine (C=N–C) groups is 1. The summed E-state index contributed by atoms with van der Waals surface area (Å²) in [5, 5.41) is 15.6. The van der Waals surface area contributed by atoms with E-state index >= 15 is 0 Å².